The minimum atomic E-state index is 0.678. The fourth-order valence-electron chi connectivity index (χ4n) is 3.15. The summed E-state index contributed by atoms with van der Waals surface area (Å²) >= 11 is 0. The molecule has 0 bridgehead atoms. The maximum Gasteiger partial charge on any atom is 0.225 e. The van der Waals surface area contributed by atoms with Crippen molar-refractivity contribution in [3.63, 3.8) is 0 Å². The van der Waals surface area contributed by atoms with E-state index in [1.54, 1.807) is 0 Å². The van der Waals surface area contributed by atoms with E-state index in [9.17, 15) is 5.26 Å². The van der Waals surface area contributed by atoms with Gasteiger partial charge in [0.15, 0.2) is 0 Å². The summed E-state index contributed by atoms with van der Waals surface area (Å²) in [7, 11) is 0. The third-order valence-corrected chi connectivity index (χ3v) is 4.27. The predicted octanol–water partition coefficient (Wildman–Crippen LogP) is 2.30. The Balaban J connectivity index is 1.80. The zero-order valence-electron chi connectivity index (χ0n) is 14.7. The second-order valence-electron chi connectivity index (χ2n) is 6.32. The Labute approximate surface area is 142 Å². The highest BCUT2D eigenvalue weighted by Gasteiger charge is 2.23. The van der Waals surface area contributed by atoms with Crippen molar-refractivity contribution in [2.75, 3.05) is 36.0 Å². The van der Waals surface area contributed by atoms with Crippen molar-refractivity contribution >= 4 is 11.8 Å². The molecule has 3 rings (SSSR count). The van der Waals surface area contributed by atoms with Gasteiger partial charge in [0, 0.05) is 43.3 Å². The fourth-order valence-corrected chi connectivity index (χ4v) is 3.15. The lowest BCUT2D eigenvalue weighted by Gasteiger charge is -2.36. The molecule has 3 heterocycles. The van der Waals surface area contributed by atoms with Crippen LogP contribution in [0.15, 0.2) is 12.1 Å². The number of piperazine rings is 1. The summed E-state index contributed by atoms with van der Waals surface area (Å²) in [6, 6.07) is 6.25. The summed E-state index contributed by atoms with van der Waals surface area (Å²) in [5.74, 6) is 1.59. The maximum absolute atomic E-state index is 9.46. The van der Waals surface area contributed by atoms with Crippen molar-refractivity contribution < 1.29 is 0 Å². The van der Waals surface area contributed by atoms with E-state index in [1.165, 1.54) is 0 Å². The summed E-state index contributed by atoms with van der Waals surface area (Å²) < 4.78 is 0. The highest BCUT2D eigenvalue weighted by Crippen LogP contribution is 2.24. The van der Waals surface area contributed by atoms with E-state index in [2.05, 4.69) is 30.8 Å². The van der Waals surface area contributed by atoms with E-state index < -0.39 is 0 Å². The number of aromatic nitrogens is 3. The van der Waals surface area contributed by atoms with Crippen molar-refractivity contribution in [3.05, 3.63) is 40.3 Å². The summed E-state index contributed by atoms with van der Waals surface area (Å²) in [4.78, 5) is 18.1. The average molecular weight is 322 g/mol. The lowest BCUT2D eigenvalue weighted by atomic mass is 10.1. The predicted molar refractivity (Wildman–Crippen MR) is 94.4 cm³/mol. The Morgan fingerprint density at radius 1 is 0.833 bits per heavy atom. The Morgan fingerprint density at radius 2 is 1.38 bits per heavy atom. The molecule has 6 nitrogen and oxygen atoms in total. The molecule has 24 heavy (non-hydrogen) atoms. The number of nitriles is 1. The van der Waals surface area contributed by atoms with Crippen LogP contribution in [0.4, 0.5) is 11.8 Å². The molecule has 0 aromatic carbocycles. The summed E-state index contributed by atoms with van der Waals surface area (Å²) in [5.41, 5.74) is 4.59. The van der Waals surface area contributed by atoms with E-state index in [-0.39, 0.29) is 0 Å². The van der Waals surface area contributed by atoms with Crippen molar-refractivity contribution in [2.45, 2.75) is 27.7 Å². The van der Waals surface area contributed by atoms with Gasteiger partial charge in [0.05, 0.1) is 5.56 Å². The van der Waals surface area contributed by atoms with Gasteiger partial charge in [-0.1, -0.05) is 0 Å². The number of anilines is 2. The number of hydrogen-bond acceptors (Lipinski definition) is 6. The van der Waals surface area contributed by atoms with E-state index in [4.69, 9.17) is 0 Å². The lowest BCUT2D eigenvalue weighted by Crippen LogP contribution is -2.47. The normalized spacial score (nSPS) is 14.6. The molecule has 0 saturated carbocycles. The Bertz CT molecular complexity index is 780. The molecular weight excluding hydrogens is 300 g/mol. The zero-order chi connectivity index (χ0) is 17.3. The van der Waals surface area contributed by atoms with Gasteiger partial charge in [0.2, 0.25) is 5.95 Å². The SMILES string of the molecule is Cc1cc(C)nc(N2CCN(c3nc(C)cc(C)c3C#N)CC2)n1. The van der Waals surface area contributed by atoms with Crippen LogP contribution < -0.4 is 9.80 Å². The summed E-state index contributed by atoms with van der Waals surface area (Å²) in [6.07, 6.45) is 0. The molecule has 2 aromatic heterocycles. The van der Waals surface area contributed by atoms with Crippen molar-refractivity contribution in [2.24, 2.45) is 0 Å². The van der Waals surface area contributed by atoms with Gasteiger partial charge in [-0.05, 0) is 45.4 Å². The molecule has 1 fully saturated rings. The molecule has 0 spiro atoms. The summed E-state index contributed by atoms with van der Waals surface area (Å²) in [6.45, 7) is 11.2. The van der Waals surface area contributed by atoms with E-state index >= 15 is 0 Å². The molecule has 6 heteroatoms. The first-order valence-corrected chi connectivity index (χ1v) is 8.18. The number of aryl methyl sites for hydroxylation is 4. The number of rotatable bonds is 2. The third-order valence-electron chi connectivity index (χ3n) is 4.27. The van der Waals surface area contributed by atoms with Crippen LogP contribution >= 0.6 is 0 Å². The van der Waals surface area contributed by atoms with Gasteiger partial charge in [-0.2, -0.15) is 5.26 Å². The molecule has 1 saturated heterocycles. The number of pyridine rings is 1. The lowest BCUT2D eigenvalue weighted by molar-refractivity contribution is 0.631. The Hall–Kier alpha value is -2.68. The largest absolute Gasteiger partial charge is 0.352 e. The molecule has 1 aliphatic heterocycles. The van der Waals surface area contributed by atoms with Crippen molar-refractivity contribution in [1.29, 1.82) is 5.26 Å². The summed E-state index contributed by atoms with van der Waals surface area (Å²) in [5, 5.41) is 9.46. The molecule has 1 aliphatic rings. The first-order valence-electron chi connectivity index (χ1n) is 8.18. The van der Waals surface area contributed by atoms with Gasteiger partial charge in [0.25, 0.3) is 0 Å². The van der Waals surface area contributed by atoms with Gasteiger partial charge in [-0.25, -0.2) is 15.0 Å². The maximum atomic E-state index is 9.46. The number of hydrogen-bond donors (Lipinski definition) is 0. The molecular formula is C18H22N6. The second-order valence-corrected chi connectivity index (χ2v) is 6.32. The van der Waals surface area contributed by atoms with E-state index in [0.717, 1.165) is 60.6 Å². The van der Waals surface area contributed by atoms with Crippen LogP contribution in [-0.4, -0.2) is 41.1 Å². The minimum absolute atomic E-state index is 0.678. The van der Waals surface area contributed by atoms with Gasteiger partial charge in [0.1, 0.15) is 11.9 Å². The van der Waals surface area contributed by atoms with E-state index in [1.807, 2.05) is 39.8 Å². The first kappa shape index (κ1) is 16.2. The minimum Gasteiger partial charge on any atom is -0.352 e. The van der Waals surface area contributed by atoms with Crippen LogP contribution in [0.2, 0.25) is 0 Å². The molecule has 0 amide bonds. The van der Waals surface area contributed by atoms with Crippen LogP contribution in [0, 0.1) is 39.0 Å². The van der Waals surface area contributed by atoms with Crippen LogP contribution in [-0.2, 0) is 0 Å². The molecule has 2 aromatic rings. The quantitative estimate of drug-likeness (QED) is 0.845. The highest BCUT2D eigenvalue weighted by atomic mass is 15.3. The molecule has 124 valence electrons. The molecule has 0 N–H and O–H groups in total. The smallest absolute Gasteiger partial charge is 0.225 e. The van der Waals surface area contributed by atoms with Crippen LogP contribution in [0.3, 0.4) is 0 Å². The first-order chi connectivity index (χ1) is 11.5. The topological polar surface area (TPSA) is 68.9 Å². The van der Waals surface area contributed by atoms with Gasteiger partial charge in [-0.3, -0.25) is 0 Å². The zero-order valence-corrected chi connectivity index (χ0v) is 14.7. The third kappa shape index (κ3) is 3.16. The standard InChI is InChI=1S/C18H22N6/c1-12-9-13(2)20-17(16(12)11-19)23-5-7-24(8-6-23)18-21-14(3)10-15(4)22-18/h9-10H,5-8H2,1-4H3. The second kappa shape index (κ2) is 6.44. The monoisotopic (exact) mass is 322 g/mol. The average Bonchev–Trinajstić information content (AvgIpc) is 2.53. The highest BCUT2D eigenvalue weighted by molar-refractivity contribution is 5.59. The van der Waals surface area contributed by atoms with Gasteiger partial charge in [-0.15, -0.1) is 0 Å². The van der Waals surface area contributed by atoms with Crippen molar-refractivity contribution in [3.8, 4) is 6.07 Å². The van der Waals surface area contributed by atoms with Crippen LogP contribution in [0.25, 0.3) is 0 Å². The number of nitrogens with zero attached hydrogens (tertiary/aromatic N) is 6. The van der Waals surface area contributed by atoms with Crippen LogP contribution in [0.1, 0.15) is 28.2 Å². The molecule has 0 aliphatic carbocycles. The van der Waals surface area contributed by atoms with Crippen LogP contribution in [0.5, 0.6) is 0 Å². The molecule has 0 radical (unpaired) electrons. The fraction of sp³-hybridized carbons (Fsp3) is 0.444. The molecule has 0 unspecified atom stereocenters. The van der Waals surface area contributed by atoms with Gasteiger partial charge >= 0.3 is 0 Å². The van der Waals surface area contributed by atoms with E-state index in [0.29, 0.717) is 5.56 Å². The van der Waals surface area contributed by atoms with Crippen molar-refractivity contribution in [1.82, 2.24) is 15.0 Å². The molecule has 0 atom stereocenters. The Morgan fingerprint density at radius 3 is 1.96 bits per heavy atom. The van der Waals surface area contributed by atoms with Gasteiger partial charge < -0.3 is 9.80 Å². The Kier molecular flexibility index (Phi) is 4.34.